The zero-order valence-electron chi connectivity index (χ0n) is 9.20. The number of ether oxygens (including phenoxy) is 1. The van der Waals surface area contributed by atoms with Crippen LogP contribution < -0.4 is 5.32 Å². The number of halogens is 1. The fourth-order valence-corrected chi connectivity index (χ4v) is 2.01. The SMILES string of the molecule is CC1OCCC1(O)CNCc1ccc(Cl)o1. The summed E-state index contributed by atoms with van der Waals surface area (Å²) < 4.78 is 10.5. The summed E-state index contributed by atoms with van der Waals surface area (Å²) in [4.78, 5) is 0. The normalized spacial score (nSPS) is 29.8. The standard InChI is InChI=1S/C11H16ClNO3/c1-8-11(14,4-5-15-8)7-13-6-9-2-3-10(12)16-9/h2-3,8,13-14H,4-7H2,1H3. The largest absolute Gasteiger partial charge is 0.448 e. The number of nitrogens with one attached hydrogen (secondary N) is 1. The van der Waals surface area contributed by atoms with Crippen LogP contribution >= 0.6 is 11.6 Å². The molecule has 0 bridgehead atoms. The van der Waals surface area contributed by atoms with Gasteiger partial charge in [0.05, 0.1) is 12.6 Å². The minimum atomic E-state index is -0.767. The summed E-state index contributed by atoms with van der Waals surface area (Å²) in [5.74, 6) is 0.764. The molecule has 16 heavy (non-hydrogen) atoms. The number of rotatable bonds is 4. The van der Waals surface area contributed by atoms with E-state index in [9.17, 15) is 5.11 Å². The average Bonchev–Trinajstić information content (AvgIpc) is 2.76. The summed E-state index contributed by atoms with van der Waals surface area (Å²) in [6.45, 7) is 3.55. The molecule has 2 atom stereocenters. The molecule has 0 saturated carbocycles. The highest BCUT2D eigenvalue weighted by Gasteiger charge is 2.38. The van der Waals surface area contributed by atoms with Crippen molar-refractivity contribution in [3.8, 4) is 0 Å². The van der Waals surface area contributed by atoms with Gasteiger partial charge in [0.1, 0.15) is 11.4 Å². The highest BCUT2D eigenvalue weighted by atomic mass is 35.5. The molecule has 0 aliphatic carbocycles. The van der Waals surface area contributed by atoms with Crippen molar-refractivity contribution in [2.75, 3.05) is 13.2 Å². The first-order valence-corrected chi connectivity index (χ1v) is 5.77. The summed E-state index contributed by atoms with van der Waals surface area (Å²) in [6.07, 6.45) is 0.542. The molecule has 2 N–H and O–H groups in total. The van der Waals surface area contributed by atoms with Gasteiger partial charge >= 0.3 is 0 Å². The Labute approximate surface area is 99.5 Å². The zero-order chi connectivity index (χ0) is 11.6. The van der Waals surface area contributed by atoms with Gasteiger partial charge in [0, 0.05) is 19.6 Å². The molecule has 0 aromatic carbocycles. The van der Waals surface area contributed by atoms with Crippen molar-refractivity contribution in [3.05, 3.63) is 23.1 Å². The van der Waals surface area contributed by atoms with Crippen LogP contribution in [0, 0.1) is 0 Å². The molecule has 0 spiro atoms. The Kier molecular flexibility index (Phi) is 3.54. The lowest BCUT2D eigenvalue weighted by atomic mass is 9.97. The van der Waals surface area contributed by atoms with Gasteiger partial charge in [0.2, 0.25) is 0 Å². The molecule has 1 fully saturated rings. The van der Waals surface area contributed by atoms with Gasteiger partial charge in [-0.25, -0.2) is 0 Å². The first-order chi connectivity index (χ1) is 7.60. The van der Waals surface area contributed by atoms with Crippen molar-refractivity contribution >= 4 is 11.6 Å². The van der Waals surface area contributed by atoms with Crippen molar-refractivity contribution in [3.63, 3.8) is 0 Å². The zero-order valence-corrected chi connectivity index (χ0v) is 9.96. The first-order valence-electron chi connectivity index (χ1n) is 5.39. The Morgan fingerprint density at radius 3 is 3.00 bits per heavy atom. The van der Waals surface area contributed by atoms with Gasteiger partial charge in [-0.05, 0) is 30.7 Å². The minimum Gasteiger partial charge on any atom is -0.448 e. The second-order valence-corrected chi connectivity index (χ2v) is 4.55. The van der Waals surface area contributed by atoms with E-state index in [1.807, 2.05) is 13.0 Å². The van der Waals surface area contributed by atoms with Crippen molar-refractivity contribution in [1.29, 1.82) is 0 Å². The third-order valence-corrected chi connectivity index (χ3v) is 3.22. The molecule has 2 unspecified atom stereocenters. The molecule has 0 amide bonds. The molecular formula is C11H16ClNO3. The minimum absolute atomic E-state index is 0.125. The van der Waals surface area contributed by atoms with E-state index in [1.165, 1.54) is 0 Å². The van der Waals surface area contributed by atoms with Crippen LogP contribution in [0.2, 0.25) is 5.22 Å². The number of aliphatic hydroxyl groups is 1. The van der Waals surface area contributed by atoms with Gasteiger partial charge in [-0.3, -0.25) is 0 Å². The molecule has 90 valence electrons. The lowest BCUT2D eigenvalue weighted by molar-refractivity contribution is -0.0264. The van der Waals surface area contributed by atoms with Crippen LogP contribution in [0.4, 0.5) is 0 Å². The van der Waals surface area contributed by atoms with Crippen molar-refractivity contribution in [2.24, 2.45) is 0 Å². The molecule has 1 saturated heterocycles. The van der Waals surface area contributed by atoms with Crippen LogP contribution in [0.25, 0.3) is 0 Å². The molecule has 1 aromatic heterocycles. The molecule has 1 aromatic rings. The highest BCUT2D eigenvalue weighted by molar-refractivity contribution is 6.28. The van der Waals surface area contributed by atoms with E-state index in [0.29, 0.717) is 31.3 Å². The Balaban J connectivity index is 1.79. The molecule has 2 rings (SSSR count). The molecule has 2 heterocycles. The summed E-state index contributed by atoms with van der Waals surface area (Å²) in [5.41, 5.74) is -0.767. The summed E-state index contributed by atoms with van der Waals surface area (Å²) >= 11 is 5.65. The van der Waals surface area contributed by atoms with Crippen LogP contribution in [-0.2, 0) is 11.3 Å². The van der Waals surface area contributed by atoms with E-state index in [2.05, 4.69) is 5.32 Å². The molecule has 0 radical (unpaired) electrons. The molecule has 4 nitrogen and oxygen atoms in total. The van der Waals surface area contributed by atoms with Gasteiger partial charge in [-0.15, -0.1) is 0 Å². The van der Waals surface area contributed by atoms with Crippen LogP contribution in [0.5, 0.6) is 0 Å². The van der Waals surface area contributed by atoms with E-state index >= 15 is 0 Å². The van der Waals surface area contributed by atoms with E-state index < -0.39 is 5.60 Å². The highest BCUT2D eigenvalue weighted by Crippen LogP contribution is 2.24. The summed E-state index contributed by atoms with van der Waals surface area (Å²) in [7, 11) is 0. The monoisotopic (exact) mass is 245 g/mol. The van der Waals surface area contributed by atoms with Gasteiger partial charge in [-0.1, -0.05) is 0 Å². The molecule has 5 heteroatoms. The fraction of sp³-hybridized carbons (Fsp3) is 0.636. The van der Waals surface area contributed by atoms with Gasteiger partial charge in [0.25, 0.3) is 0 Å². The van der Waals surface area contributed by atoms with Gasteiger partial charge in [0.15, 0.2) is 5.22 Å². The topological polar surface area (TPSA) is 54.6 Å². The van der Waals surface area contributed by atoms with E-state index in [4.69, 9.17) is 20.8 Å². The predicted molar refractivity (Wildman–Crippen MR) is 60.4 cm³/mol. The third-order valence-electron chi connectivity index (χ3n) is 3.02. The Bertz CT molecular complexity index is 355. The number of furan rings is 1. The van der Waals surface area contributed by atoms with Crippen molar-refractivity contribution < 1.29 is 14.3 Å². The second-order valence-electron chi connectivity index (χ2n) is 4.18. The smallest absolute Gasteiger partial charge is 0.193 e. The van der Waals surface area contributed by atoms with E-state index in [-0.39, 0.29) is 6.10 Å². The molecule has 1 aliphatic rings. The maximum atomic E-state index is 10.2. The van der Waals surface area contributed by atoms with Gasteiger partial charge in [-0.2, -0.15) is 0 Å². The van der Waals surface area contributed by atoms with Crippen LogP contribution in [0.1, 0.15) is 19.1 Å². The van der Waals surface area contributed by atoms with Crippen LogP contribution in [0.15, 0.2) is 16.5 Å². The maximum absolute atomic E-state index is 10.2. The lowest BCUT2D eigenvalue weighted by Gasteiger charge is -2.26. The van der Waals surface area contributed by atoms with Crippen LogP contribution in [0.3, 0.4) is 0 Å². The lowest BCUT2D eigenvalue weighted by Crippen LogP contribution is -2.45. The maximum Gasteiger partial charge on any atom is 0.193 e. The van der Waals surface area contributed by atoms with E-state index in [0.717, 1.165) is 5.76 Å². The summed E-state index contributed by atoms with van der Waals surface area (Å²) in [6, 6.07) is 3.52. The van der Waals surface area contributed by atoms with E-state index in [1.54, 1.807) is 6.07 Å². The first kappa shape index (κ1) is 11.9. The third kappa shape index (κ3) is 2.58. The Morgan fingerprint density at radius 2 is 2.44 bits per heavy atom. The number of hydrogen-bond donors (Lipinski definition) is 2. The average molecular weight is 246 g/mol. The second kappa shape index (κ2) is 4.75. The molecular weight excluding hydrogens is 230 g/mol. The fourth-order valence-electron chi connectivity index (χ4n) is 1.85. The Morgan fingerprint density at radius 1 is 1.62 bits per heavy atom. The van der Waals surface area contributed by atoms with Crippen molar-refractivity contribution in [1.82, 2.24) is 5.32 Å². The molecule has 1 aliphatic heterocycles. The Hall–Kier alpha value is -0.550. The van der Waals surface area contributed by atoms with Gasteiger partial charge < -0.3 is 19.6 Å². The van der Waals surface area contributed by atoms with Crippen LogP contribution in [-0.4, -0.2) is 30.0 Å². The summed E-state index contributed by atoms with van der Waals surface area (Å²) in [5, 5.41) is 13.7. The predicted octanol–water partition coefficient (Wildman–Crippen LogP) is 1.56. The van der Waals surface area contributed by atoms with Crippen molar-refractivity contribution in [2.45, 2.75) is 31.6 Å². The number of hydrogen-bond acceptors (Lipinski definition) is 4. The quantitative estimate of drug-likeness (QED) is 0.846.